The Bertz CT molecular complexity index is 44.8. The molecule has 0 aromatic carbocycles. The van der Waals surface area contributed by atoms with E-state index in [2.05, 4.69) is 4.74 Å². The van der Waals surface area contributed by atoms with Crippen LogP contribution >= 0.6 is 24.8 Å². The Morgan fingerprint density at radius 1 is 1.44 bits per heavy atom. The Balaban J connectivity index is -0.000000180. The van der Waals surface area contributed by atoms with Crippen molar-refractivity contribution in [2.24, 2.45) is 0 Å². The first kappa shape index (κ1) is 16.2. The van der Waals surface area contributed by atoms with Crippen molar-refractivity contribution < 1.29 is 14.9 Å². The van der Waals surface area contributed by atoms with Crippen molar-refractivity contribution in [2.45, 2.75) is 6.10 Å². The third-order valence-corrected chi connectivity index (χ3v) is 0.570. The predicted octanol–water partition coefficient (Wildman–Crippen LogP) is -0.170. The van der Waals surface area contributed by atoms with Crippen LogP contribution in [0.3, 0.4) is 0 Å². The second-order valence-corrected chi connectivity index (χ2v) is 1.29. The highest BCUT2D eigenvalue weighted by molar-refractivity contribution is 5.85. The molecule has 3 nitrogen and oxygen atoms in total. The van der Waals surface area contributed by atoms with Gasteiger partial charge in [0.25, 0.3) is 0 Å². The Kier molecular flexibility index (Phi) is 20.3. The lowest BCUT2D eigenvalue weighted by Crippen LogP contribution is -2.17. The minimum Gasteiger partial charge on any atom is -0.394 e. The molecule has 0 aliphatic carbocycles. The molecule has 0 aromatic heterocycles. The summed E-state index contributed by atoms with van der Waals surface area (Å²) in [4.78, 5) is 0. The lowest BCUT2D eigenvalue weighted by Gasteiger charge is -2.01. The average molecular weight is 179 g/mol. The number of hydrogen-bond donors (Lipinski definition) is 2. The molecule has 1 atom stereocenters. The molecular weight excluding hydrogens is 167 g/mol. The van der Waals surface area contributed by atoms with Crippen molar-refractivity contribution >= 4 is 24.8 Å². The van der Waals surface area contributed by atoms with Gasteiger partial charge in [-0.1, -0.05) is 0 Å². The van der Waals surface area contributed by atoms with Crippen molar-refractivity contribution in [3.05, 3.63) is 0 Å². The first-order chi connectivity index (χ1) is 3.31. The second-order valence-electron chi connectivity index (χ2n) is 1.29. The zero-order valence-electron chi connectivity index (χ0n) is 5.11. The molecule has 0 rings (SSSR count). The van der Waals surface area contributed by atoms with E-state index < -0.39 is 6.10 Å². The molecule has 0 aliphatic rings. The zero-order valence-corrected chi connectivity index (χ0v) is 6.74. The molecule has 0 heterocycles. The van der Waals surface area contributed by atoms with E-state index >= 15 is 0 Å². The highest BCUT2D eigenvalue weighted by atomic mass is 35.5. The maximum absolute atomic E-state index is 8.48. The molecular formula is C4H12Cl2O3. The first-order valence-corrected chi connectivity index (χ1v) is 2.09. The SMILES string of the molecule is COCC(O)CO.Cl.Cl. The molecule has 2 N–H and O–H groups in total. The standard InChI is InChI=1S/C4H10O3.2ClH/c1-7-3-4(6)2-5;;/h4-6H,2-3H2,1H3;2*1H. The maximum Gasteiger partial charge on any atom is 0.100 e. The van der Waals surface area contributed by atoms with Gasteiger partial charge in [0, 0.05) is 7.11 Å². The lowest BCUT2D eigenvalue weighted by atomic mass is 10.4. The van der Waals surface area contributed by atoms with Crippen LogP contribution in [0, 0.1) is 0 Å². The van der Waals surface area contributed by atoms with E-state index in [0.717, 1.165) is 0 Å². The summed E-state index contributed by atoms with van der Waals surface area (Å²) in [5.41, 5.74) is 0. The Labute approximate surface area is 66.8 Å². The summed E-state index contributed by atoms with van der Waals surface area (Å²) >= 11 is 0. The summed E-state index contributed by atoms with van der Waals surface area (Å²) in [6.45, 7) is -0.0235. The molecule has 0 saturated heterocycles. The number of halogens is 2. The summed E-state index contributed by atoms with van der Waals surface area (Å²) in [6, 6.07) is 0. The van der Waals surface area contributed by atoms with Crippen molar-refractivity contribution in [1.29, 1.82) is 0 Å². The van der Waals surface area contributed by atoms with Crippen molar-refractivity contribution in [1.82, 2.24) is 0 Å². The molecule has 0 bridgehead atoms. The van der Waals surface area contributed by atoms with Crippen LogP contribution in [0.5, 0.6) is 0 Å². The van der Waals surface area contributed by atoms with Gasteiger partial charge in [0.2, 0.25) is 0 Å². The topological polar surface area (TPSA) is 49.7 Å². The molecule has 1 unspecified atom stereocenters. The van der Waals surface area contributed by atoms with Crippen LogP contribution in [0.25, 0.3) is 0 Å². The van der Waals surface area contributed by atoms with E-state index in [4.69, 9.17) is 10.2 Å². The van der Waals surface area contributed by atoms with Gasteiger partial charge >= 0.3 is 0 Å². The highest BCUT2D eigenvalue weighted by Crippen LogP contribution is 1.77. The molecule has 0 aromatic rings. The lowest BCUT2D eigenvalue weighted by molar-refractivity contribution is 0.0254. The summed E-state index contributed by atoms with van der Waals surface area (Å²) < 4.78 is 4.48. The Morgan fingerprint density at radius 3 is 2.00 bits per heavy atom. The predicted molar refractivity (Wildman–Crippen MR) is 39.5 cm³/mol. The van der Waals surface area contributed by atoms with E-state index in [1.54, 1.807) is 0 Å². The third-order valence-electron chi connectivity index (χ3n) is 0.570. The van der Waals surface area contributed by atoms with Gasteiger partial charge in [-0.3, -0.25) is 0 Å². The second kappa shape index (κ2) is 11.3. The molecule has 0 aliphatic heterocycles. The van der Waals surface area contributed by atoms with Gasteiger partial charge in [-0.05, 0) is 0 Å². The van der Waals surface area contributed by atoms with Gasteiger partial charge < -0.3 is 14.9 Å². The molecule has 0 radical (unpaired) electrons. The van der Waals surface area contributed by atoms with Crippen LogP contribution in [-0.2, 0) is 4.74 Å². The van der Waals surface area contributed by atoms with E-state index in [1.807, 2.05) is 0 Å². The number of aliphatic hydroxyl groups excluding tert-OH is 2. The van der Waals surface area contributed by atoms with Crippen LogP contribution in [0.4, 0.5) is 0 Å². The van der Waals surface area contributed by atoms with Gasteiger partial charge in [-0.15, -0.1) is 24.8 Å². The molecule has 0 fully saturated rings. The van der Waals surface area contributed by atoms with Crippen LogP contribution in [-0.4, -0.2) is 36.6 Å². The molecule has 60 valence electrons. The fraction of sp³-hybridized carbons (Fsp3) is 1.00. The molecule has 9 heavy (non-hydrogen) atoms. The van der Waals surface area contributed by atoms with Crippen LogP contribution in [0.2, 0.25) is 0 Å². The van der Waals surface area contributed by atoms with E-state index in [-0.39, 0.29) is 38.0 Å². The summed E-state index contributed by atoms with van der Waals surface area (Å²) in [5, 5.41) is 16.6. The minimum atomic E-state index is -0.718. The average Bonchev–Trinajstić information content (AvgIpc) is 1.68. The summed E-state index contributed by atoms with van der Waals surface area (Å²) in [6.07, 6.45) is -0.718. The summed E-state index contributed by atoms with van der Waals surface area (Å²) in [5.74, 6) is 0. The third kappa shape index (κ3) is 11.8. The zero-order chi connectivity index (χ0) is 5.70. The number of ether oxygens (including phenoxy) is 1. The summed E-state index contributed by atoms with van der Waals surface area (Å²) in [7, 11) is 1.47. The van der Waals surface area contributed by atoms with Crippen LogP contribution < -0.4 is 0 Å². The molecule has 0 saturated carbocycles. The maximum atomic E-state index is 8.48. The van der Waals surface area contributed by atoms with Gasteiger partial charge in [0.15, 0.2) is 0 Å². The van der Waals surface area contributed by atoms with Crippen LogP contribution in [0.1, 0.15) is 0 Å². The van der Waals surface area contributed by atoms with Crippen LogP contribution in [0.15, 0.2) is 0 Å². The van der Waals surface area contributed by atoms with Gasteiger partial charge in [0.1, 0.15) is 6.10 Å². The number of hydrogen-bond acceptors (Lipinski definition) is 3. The molecule has 0 spiro atoms. The minimum absolute atomic E-state index is 0. The van der Waals surface area contributed by atoms with E-state index in [9.17, 15) is 0 Å². The number of rotatable bonds is 3. The van der Waals surface area contributed by atoms with Gasteiger partial charge in [0.05, 0.1) is 13.2 Å². The molecule has 0 amide bonds. The van der Waals surface area contributed by atoms with E-state index in [1.165, 1.54) is 7.11 Å². The van der Waals surface area contributed by atoms with Crippen molar-refractivity contribution in [3.8, 4) is 0 Å². The van der Waals surface area contributed by atoms with Crippen molar-refractivity contribution in [2.75, 3.05) is 20.3 Å². The normalized spacial score (nSPS) is 11.0. The number of methoxy groups -OCH3 is 1. The monoisotopic (exact) mass is 178 g/mol. The highest BCUT2D eigenvalue weighted by Gasteiger charge is 1.96. The van der Waals surface area contributed by atoms with Gasteiger partial charge in [-0.2, -0.15) is 0 Å². The fourth-order valence-corrected chi connectivity index (χ4v) is 0.245. The largest absolute Gasteiger partial charge is 0.394 e. The smallest absolute Gasteiger partial charge is 0.100 e. The first-order valence-electron chi connectivity index (χ1n) is 2.09. The van der Waals surface area contributed by atoms with Gasteiger partial charge in [-0.25, -0.2) is 0 Å². The number of aliphatic hydroxyl groups is 2. The molecule has 5 heteroatoms. The quantitative estimate of drug-likeness (QED) is 0.632. The van der Waals surface area contributed by atoms with E-state index in [0.29, 0.717) is 0 Å². The Morgan fingerprint density at radius 2 is 1.89 bits per heavy atom. The Hall–Kier alpha value is 0.460. The van der Waals surface area contributed by atoms with Crippen molar-refractivity contribution in [3.63, 3.8) is 0 Å². The fourth-order valence-electron chi connectivity index (χ4n) is 0.245.